The Morgan fingerprint density at radius 3 is 2.52 bits per heavy atom. The Balaban J connectivity index is 1.96. The molecule has 0 atom stereocenters. The van der Waals surface area contributed by atoms with E-state index in [0.29, 0.717) is 41.4 Å². The summed E-state index contributed by atoms with van der Waals surface area (Å²) in [7, 11) is 0. The molecule has 8 heteroatoms. The molecule has 1 aliphatic heterocycles. The van der Waals surface area contributed by atoms with Gasteiger partial charge in [-0.2, -0.15) is 0 Å². The van der Waals surface area contributed by atoms with E-state index in [1.807, 2.05) is 6.92 Å². The maximum atomic E-state index is 11.7. The van der Waals surface area contributed by atoms with E-state index in [9.17, 15) is 9.59 Å². The molecule has 0 saturated carbocycles. The third kappa shape index (κ3) is 4.25. The van der Waals surface area contributed by atoms with E-state index in [2.05, 4.69) is 31.9 Å². The Bertz CT molecular complexity index is 550. The van der Waals surface area contributed by atoms with Gasteiger partial charge < -0.3 is 25.4 Å². The summed E-state index contributed by atoms with van der Waals surface area (Å²) >= 11 is 3.35. The summed E-state index contributed by atoms with van der Waals surface area (Å²) in [4.78, 5) is 23.0. The SMILES string of the molecule is CCNC(=O)CNC(=O)Nc1cc2c(cc1Br)OCCO2. The van der Waals surface area contributed by atoms with Crippen LogP contribution in [0, 0.1) is 0 Å². The summed E-state index contributed by atoms with van der Waals surface area (Å²) in [6.45, 7) is 3.22. The number of ether oxygens (including phenoxy) is 2. The zero-order chi connectivity index (χ0) is 15.2. The summed E-state index contributed by atoms with van der Waals surface area (Å²) in [6.07, 6.45) is 0. The molecule has 1 aromatic carbocycles. The third-order valence-electron chi connectivity index (χ3n) is 2.66. The molecule has 2 rings (SSSR count). The minimum Gasteiger partial charge on any atom is -0.486 e. The molecule has 0 aromatic heterocycles. The lowest BCUT2D eigenvalue weighted by molar-refractivity contribution is -0.119. The van der Waals surface area contributed by atoms with Crippen molar-refractivity contribution in [3.63, 3.8) is 0 Å². The van der Waals surface area contributed by atoms with Crippen molar-refractivity contribution in [1.82, 2.24) is 10.6 Å². The Labute approximate surface area is 130 Å². The van der Waals surface area contributed by atoms with Crippen LogP contribution in [0.2, 0.25) is 0 Å². The van der Waals surface area contributed by atoms with Gasteiger partial charge in [-0.05, 0) is 22.9 Å². The van der Waals surface area contributed by atoms with Crippen LogP contribution in [0.25, 0.3) is 0 Å². The number of carbonyl (C=O) groups excluding carboxylic acids is 2. The maximum Gasteiger partial charge on any atom is 0.319 e. The molecule has 3 amide bonds. The molecule has 1 heterocycles. The van der Waals surface area contributed by atoms with Gasteiger partial charge in [0.1, 0.15) is 13.2 Å². The van der Waals surface area contributed by atoms with Gasteiger partial charge in [-0.1, -0.05) is 0 Å². The van der Waals surface area contributed by atoms with Crippen LogP contribution >= 0.6 is 15.9 Å². The van der Waals surface area contributed by atoms with Crippen molar-refractivity contribution < 1.29 is 19.1 Å². The van der Waals surface area contributed by atoms with Crippen LogP contribution in [0.5, 0.6) is 11.5 Å². The molecule has 1 aromatic rings. The summed E-state index contributed by atoms with van der Waals surface area (Å²) in [5.41, 5.74) is 0.535. The Kier molecular flexibility index (Phi) is 5.26. The van der Waals surface area contributed by atoms with Crippen LogP contribution in [0.3, 0.4) is 0 Å². The highest BCUT2D eigenvalue weighted by Crippen LogP contribution is 2.37. The zero-order valence-corrected chi connectivity index (χ0v) is 13.1. The number of hydrogen-bond acceptors (Lipinski definition) is 4. The van der Waals surface area contributed by atoms with Crippen LogP contribution in [0.4, 0.5) is 10.5 Å². The van der Waals surface area contributed by atoms with Gasteiger partial charge in [0.15, 0.2) is 11.5 Å². The number of benzene rings is 1. The standard InChI is InChI=1S/C13H16BrN3O4/c1-2-15-12(18)7-16-13(19)17-9-6-11-10(5-8(9)14)20-3-4-21-11/h5-6H,2-4,7H2,1H3,(H,15,18)(H2,16,17,19). The van der Waals surface area contributed by atoms with Gasteiger partial charge in [-0.15, -0.1) is 0 Å². The molecule has 21 heavy (non-hydrogen) atoms. The van der Waals surface area contributed by atoms with Crippen molar-refractivity contribution in [2.45, 2.75) is 6.92 Å². The number of hydrogen-bond donors (Lipinski definition) is 3. The molecule has 0 radical (unpaired) electrons. The minimum absolute atomic E-state index is 0.0815. The molecule has 0 fully saturated rings. The number of nitrogens with one attached hydrogen (secondary N) is 3. The minimum atomic E-state index is -0.473. The Hall–Kier alpha value is -1.96. The summed E-state index contributed by atoms with van der Waals surface area (Å²) in [6, 6.07) is 2.93. The van der Waals surface area contributed by atoms with Crippen molar-refractivity contribution in [2.75, 3.05) is 31.6 Å². The second-order valence-corrected chi connectivity index (χ2v) is 5.09. The van der Waals surface area contributed by atoms with Crippen molar-refractivity contribution in [1.29, 1.82) is 0 Å². The molecular weight excluding hydrogens is 342 g/mol. The quantitative estimate of drug-likeness (QED) is 0.761. The van der Waals surface area contributed by atoms with Crippen LogP contribution in [-0.2, 0) is 4.79 Å². The highest BCUT2D eigenvalue weighted by atomic mass is 79.9. The second-order valence-electron chi connectivity index (χ2n) is 4.24. The first kappa shape index (κ1) is 15.4. The van der Waals surface area contributed by atoms with Gasteiger partial charge in [0.05, 0.1) is 12.2 Å². The number of fused-ring (bicyclic) bond motifs is 1. The fourth-order valence-electron chi connectivity index (χ4n) is 1.75. The van der Waals surface area contributed by atoms with Gasteiger partial charge in [-0.3, -0.25) is 4.79 Å². The van der Waals surface area contributed by atoms with E-state index in [1.165, 1.54) is 0 Å². The molecule has 1 aliphatic rings. The van der Waals surface area contributed by atoms with Crippen LogP contribution < -0.4 is 25.4 Å². The average Bonchev–Trinajstić information content (AvgIpc) is 2.46. The van der Waals surface area contributed by atoms with Crippen molar-refractivity contribution in [3.8, 4) is 11.5 Å². The largest absolute Gasteiger partial charge is 0.486 e. The zero-order valence-electron chi connectivity index (χ0n) is 11.5. The van der Waals surface area contributed by atoms with Gasteiger partial charge in [0, 0.05) is 23.2 Å². The number of anilines is 1. The summed E-state index contributed by atoms with van der Waals surface area (Å²) in [5, 5.41) is 7.70. The Morgan fingerprint density at radius 2 is 1.86 bits per heavy atom. The molecule has 0 unspecified atom stereocenters. The first-order valence-corrected chi connectivity index (χ1v) is 7.30. The van der Waals surface area contributed by atoms with Crippen LogP contribution in [-0.4, -0.2) is 38.2 Å². The molecule has 7 nitrogen and oxygen atoms in total. The number of likely N-dealkylation sites (N-methyl/N-ethyl adjacent to an activating group) is 1. The smallest absolute Gasteiger partial charge is 0.319 e. The predicted octanol–water partition coefficient (Wildman–Crippen LogP) is 1.48. The topological polar surface area (TPSA) is 88.7 Å². The van der Waals surface area contributed by atoms with E-state index in [0.717, 1.165) is 0 Å². The second kappa shape index (κ2) is 7.16. The lowest BCUT2D eigenvalue weighted by Gasteiger charge is -2.20. The lowest BCUT2D eigenvalue weighted by Crippen LogP contribution is -2.38. The molecule has 0 spiro atoms. The molecular formula is C13H16BrN3O4. The van der Waals surface area contributed by atoms with Gasteiger partial charge >= 0.3 is 6.03 Å². The molecule has 3 N–H and O–H groups in total. The molecule has 0 aliphatic carbocycles. The van der Waals surface area contributed by atoms with E-state index >= 15 is 0 Å². The summed E-state index contributed by atoms with van der Waals surface area (Å²) < 4.78 is 11.5. The predicted molar refractivity (Wildman–Crippen MR) is 80.8 cm³/mol. The van der Waals surface area contributed by atoms with Gasteiger partial charge in [0.2, 0.25) is 5.91 Å². The highest BCUT2D eigenvalue weighted by Gasteiger charge is 2.16. The van der Waals surface area contributed by atoms with E-state index in [1.54, 1.807) is 12.1 Å². The van der Waals surface area contributed by atoms with Crippen molar-refractivity contribution in [2.24, 2.45) is 0 Å². The third-order valence-corrected chi connectivity index (χ3v) is 3.32. The number of carbonyl (C=O) groups is 2. The summed E-state index contributed by atoms with van der Waals surface area (Å²) in [5.74, 6) is 0.957. The van der Waals surface area contributed by atoms with Crippen molar-refractivity contribution in [3.05, 3.63) is 16.6 Å². The average molecular weight is 358 g/mol. The van der Waals surface area contributed by atoms with E-state index in [4.69, 9.17) is 9.47 Å². The van der Waals surface area contributed by atoms with Crippen molar-refractivity contribution >= 4 is 33.6 Å². The molecule has 0 bridgehead atoms. The fourth-order valence-corrected chi connectivity index (χ4v) is 2.17. The normalized spacial score (nSPS) is 12.5. The van der Waals surface area contributed by atoms with Crippen LogP contribution in [0.15, 0.2) is 16.6 Å². The highest BCUT2D eigenvalue weighted by molar-refractivity contribution is 9.10. The van der Waals surface area contributed by atoms with Gasteiger partial charge in [-0.25, -0.2) is 4.79 Å². The number of amides is 3. The monoisotopic (exact) mass is 357 g/mol. The van der Waals surface area contributed by atoms with E-state index in [-0.39, 0.29) is 12.5 Å². The van der Waals surface area contributed by atoms with Crippen LogP contribution in [0.1, 0.15) is 6.92 Å². The van der Waals surface area contributed by atoms with E-state index < -0.39 is 6.03 Å². The number of urea groups is 1. The lowest BCUT2D eigenvalue weighted by atomic mass is 10.2. The molecule has 114 valence electrons. The number of rotatable bonds is 4. The molecule has 0 saturated heterocycles. The van der Waals surface area contributed by atoms with Gasteiger partial charge in [0.25, 0.3) is 0 Å². The first-order valence-electron chi connectivity index (χ1n) is 6.51. The fraction of sp³-hybridized carbons (Fsp3) is 0.385. The maximum absolute atomic E-state index is 11.7. The first-order chi connectivity index (χ1) is 10.1. The number of halogens is 1. The Morgan fingerprint density at radius 1 is 1.19 bits per heavy atom.